The van der Waals surface area contributed by atoms with Crippen molar-refractivity contribution in [3.63, 3.8) is 0 Å². The predicted molar refractivity (Wildman–Crippen MR) is 66.3 cm³/mol. The third-order valence-corrected chi connectivity index (χ3v) is 3.69. The Labute approximate surface area is 107 Å². The molecule has 1 aromatic rings. The second kappa shape index (κ2) is 4.39. The quantitative estimate of drug-likeness (QED) is 0.863. The van der Waals surface area contributed by atoms with E-state index in [1.54, 1.807) is 18.7 Å². The monoisotopic (exact) mass is 252 g/mol. The number of aromatic nitrogens is 1. The number of nitrogens with zero attached hydrogens (tertiary/aromatic N) is 2. The van der Waals surface area contributed by atoms with Crippen molar-refractivity contribution in [2.75, 3.05) is 13.1 Å². The molecule has 1 aromatic heterocycles. The van der Waals surface area contributed by atoms with E-state index in [0.29, 0.717) is 36.9 Å². The van der Waals surface area contributed by atoms with Gasteiger partial charge < -0.3 is 14.4 Å². The molecule has 100 valence electrons. The molecule has 18 heavy (non-hydrogen) atoms. The predicted octanol–water partition coefficient (Wildman–Crippen LogP) is 1.39. The number of hydrogen-bond acceptors (Lipinski definition) is 4. The summed E-state index contributed by atoms with van der Waals surface area (Å²) in [4.78, 5) is 18.1. The maximum atomic E-state index is 12.3. The molecule has 1 aliphatic heterocycles. The van der Waals surface area contributed by atoms with Gasteiger partial charge in [0.25, 0.3) is 5.91 Å². The molecule has 0 bridgehead atoms. The largest absolute Gasteiger partial charge is 0.435 e. The highest BCUT2D eigenvalue weighted by Crippen LogP contribution is 2.28. The van der Waals surface area contributed by atoms with Crippen molar-refractivity contribution in [3.05, 3.63) is 17.3 Å². The Kier molecular flexibility index (Phi) is 3.19. The van der Waals surface area contributed by atoms with E-state index in [-0.39, 0.29) is 11.8 Å². The number of oxazole rings is 1. The van der Waals surface area contributed by atoms with Gasteiger partial charge in [0.15, 0.2) is 5.89 Å². The fourth-order valence-corrected chi connectivity index (χ4v) is 2.23. The van der Waals surface area contributed by atoms with Gasteiger partial charge in [-0.05, 0) is 13.8 Å². The van der Waals surface area contributed by atoms with Gasteiger partial charge in [-0.15, -0.1) is 0 Å². The Morgan fingerprint density at radius 1 is 1.67 bits per heavy atom. The minimum Gasteiger partial charge on any atom is -0.435 e. The van der Waals surface area contributed by atoms with Crippen molar-refractivity contribution in [1.29, 1.82) is 0 Å². The zero-order valence-corrected chi connectivity index (χ0v) is 11.4. The van der Waals surface area contributed by atoms with Crippen LogP contribution in [0.15, 0.2) is 4.42 Å². The Balaban J connectivity index is 2.20. The highest BCUT2D eigenvalue weighted by atomic mass is 16.4. The second-order valence-electron chi connectivity index (χ2n) is 5.32. The van der Waals surface area contributed by atoms with Crippen LogP contribution in [0.4, 0.5) is 0 Å². The molecule has 2 heterocycles. The van der Waals surface area contributed by atoms with E-state index in [9.17, 15) is 9.90 Å². The molecule has 0 spiro atoms. The highest BCUT2D eigenvalue weighted by Gasteiger charge is 2.41. The van der Waals surface area contributed by atoms with Crippen molar-refractivity contribution < 1.29 is 14.3 Å². The normalized spacial score (nSPS) is 27.8. The van der Waals surface area contributed by atoms with Crippen molar-refractivity contribution in [2.45, 2.75) is 39.7 Å². The maximum absolute atomic E-state index is 12.3. The summed E-state index contributed by atoms with van der Waals surface area (Å²) < 4.78 is 5.46. The molecular formula is C13H20N2O3. The first-order valence-corrected chi connectivity index (χ1v) is 6.33. The van der Waals surface area contributed by atoms with E-state index < -0.39 is 5.60 Å². The standard InChI is InChI=1S/C13H20N2O3/c1-5-10-14-9(3)11(18-10)12(16)15-6-8(2)13(4,17)7-15/h8,17H,5-7H2,1-4H3/t8-,13+/m0/s1. The van der Waals surface area contributed by atoms with Gasteiger partial charge in [-0.25, -0.2) is 4.98 Å². The number of aliphatic hydroxyl groups is 1. The molecule has 5 nitrogen and oxygen atoms in total. The highest BCUT2D eigenvalue weighted by molar-refractivity contribution is 5.92. The molecule has 1 aliphatic rings. The number of carbonyl (C=O) groups is 1. The first-order valence-electron chi connectivity index (χ1n) is 6.33. The van der Waals surface area contributed by atoms with Gasteiger partial charge in [0.2, 0.25) is 5.76 Å². The average molecular weight is 252 g/mol. The van der Waals surface area contributed by atoms with Crippen LogP contribution in [0, 0.1) is 12.8 Å². The lowest BCUT2D eigenvalue weighted by atomic mass is 9.95. The third-order valence-electron chi connectivity index (χ3n) is 3.69. The molecule has 1 fully saturated rings. The zero-order valence-electron chi connectivity index (χ0n) is 11.4. The summed E-state index contributed by atoms with van der Waals surface area (Å²) >= 11 is 0. The summed E-state index contributed by atoms with van der Waals surface area (Å²) in [7, 11) is 0. The van der Waals surface area contributed by atoms with Crippen LogP contribution >= 0.6 is 0 Å². The molecule has 1 amide bonds. The summed E-state index contributed by atoms with van der Waals surface area (Å²) in [5.41, 5.74) is -0.201. The topological polar surface area (TPSA) is 66.6 Å². The van der Waals surface area contributed by atoms with E-state index in [0.717, 1.165) is 0 Å². The number of hydrogen-bond donors (Lipinski definition) is 1. The molecule has 2 atom stereocenters. The first kappa shape index (κ1) is 13.1. The van der Waals surface area contributed by atoms with Crippen LogP contribution in [-0.4, -0.2) is 39.6 Å². The molecule has 0 saturated carbocycles. The van der Waals surface area contributed by atoms with Crippen LogP contribution in [0.3, 0.4) is 0 Å². The summed E-state index contributed by atoms with van der Waals surface area (Å²) in [6, 6.07) is 0. The summed E-state index contributed by atoms with van der Waals surface area (Å²) in [5.74, 6) is 0.770. The van der Waals surface area contributed by atoms with Gasteiger partial charge in [0, 0.05) is 25.4 Å². The Bertz CT molecular complexity index is 465. The number of carbonyl (C=O) groups excluding carboxylic acids is 1. The average Bonchev–Trinajstić information content (AvgIpc) is 2.79. The molecule has 0 unspecified atom stereocenters. The minimum absolute atomic E-state index is 0.0651. The second-order valence-corrected chi connectivity index (χ2v) is 5.32. The van der Waals surface area contributed by atoms with Crippen LogP contribution in [0.1, 0.15) is 42.9 Å². The number of likely N-dealkylation sites (tertiary alicyclic amines) is 1. The first-order chi connectivity index (χ1) is 8.35. The Morgan fingerprint density at radius 2 is 2.33 bits per heavy atom. The molecule has 5 heteroatoms. The molecule has 1 N–H and O–H groups in total. The Hall–Kier alpha value is -1.36. The van der Waals surface area contributed by atoms with Crippen LogP contribution in [0.2, 0.25) is 0 Å². The van der Waals surface area contributed by atoms with E-state index in [1.807, 2.05) is 13.8 Å². The van der Waals surface area contributed by atoms with Crippen molar-refractivity contribution >= 4 is 5.91 Å². The molecule has 0 aliphatic carbocycles. The van der Waals surface area contributed by atoms with E-state index >= 15 is 0 Å². The lowest BCUT2D eigenvalue weighted by Crippen LogP contribution is -2.35. The zero-order chi connectivity index (χ0) is 13.5. The van der Waals surface area contributed by atoms with Crippen molar-refractivity contribution in [2.24, 2.45) is 5.92 Å². The molecular weight excluding hydrogens is 232 g/mol. The fourth-order valence-electron chi connectivity index (χ4n) is 2.23. The molecule has 0 radical (unpaired) electrons. The summed E-state index contributed by atoms with van der Waals surface area (Å²) in [5, 5.41) is 10.1. The SMILES string of the molecule is CCc1nc(C)c(C(=O)N2C[C@H](C)[C@](C)(O)C2)o1. The van der Waals surface area contributed by atoms with Crippen LogP contribution in [0.5, 0.6) is 0 Å². The van der Waals surface area contributed by atoms with Crippen molar-refractivity contribution in [1.82, 2.24) is 9.88 Å². The summed E-state index contributed by atoms with van der Waals surface area (Å²) in [6.07, 6.45) is 0.669. The number of rotatable bonds is 2. The summed E-state index contributed by atoms with van der Waals surface area (Å²) in [6.45, 7) is 8.30. The Morgan fingerprint density at radius 3 is 2.78 bits per heavy atom. The van der Waals surface area contributed by atoms with Gasteiger partial charge in [-0.1, -0.05) is 13.8 Å². The van der Waals surface area contributed by atoms with Gasteiger partial charge >= 0.3 is 0 Å². The minimum atomic E-state index is -0.822. The van der Waals surface area contributed by atoms with Gasteiger partial charge in [-0.2, -0.15) is 0 Å². The van der Waals surface area contributed by atoms with Gasteiger partial charge in [0.05, 0.1) is 11.3 Å². The van der Waals surface area contributed by atoms with Crippen LogP contribution in [-0.2, 0) is 6.42 Å². The lowest BCUT2D eigenvalue weighted by molar-refractivity contribution is 0.0346. The van der Waals surface area contributed by atoms with Gasteiger partial charge in [0.1, 0.15) is 0 Å². The third kappa shape index (κ3) is 2.14. The number of amides is 1. The molecule has 2 rings (SSSR count). The number of aryl methyl sites for hydroxylation is 2. The number of β-amino-alcohol motifs (C(OH)–C–C–N with tert-alkyl or cyclic N) is 1. The fraction of sp³-hybridized carbons (Fsp3) is 0.692. The van der Waals surface area contributed by atoms with Crippen LogP contribution in [0.25, 0.3) is 0 Å². The van der Waals surface area contributed by atoms with E-state index in [2.05, 4.69) is 4.98 Å². The smallest absolute Gasteiger partial charge is 0.291 e. The van der Waals surface area contributed by atoms with Crippen molar-refractivity contribution in [3.8, 4) is 0 Å². The van der Waals surface area contributed by atoms with Gasteiger partial charge in [-0.3, -0.25) is 4.79 Å². The molecule has 1 saturated heterocycles. The van der Waals surface area contributed by atoms with E-state index in [1.165, 1.54) is 0 Å². The van der Waals surface area contributed by atoms with E-state index in [4.69, 9.17) is 4.42 Å². The molecule has 0 aromatic carbocycles. The lowest BCUT2D eigenvalue weighted by Gasteiger charge is -2.20. The van der Waals surface area contributed by atoms with Crippen LogP contribution < -0.4 is 0 Å². The maximum Gasteiger partial charge on any atom is 0.291 e.